The van der Waals surface area contributed by atoms with Crippen LogP contribution in [0.2, 0.25) is 0 Å². The van der Waals surface area contributed by atoms with Crippen LogP contribution in [0.3, 0.4) is 0 Å². The van der Waals surface area contributed by atoms with Gasteiger partial charge in [0.15, 0.2) is 0 Å². The maximum Gasteiger partial charge on any atom is 0.219 e. The predicted octanol–water partition coefficient (Wildman–Crippen LogP) is 0.827. The first-order valence-electron chi connectivity index (χ1n) is 7.07. The Morgan fingerprint density at radius 3 is 3.05 bits per heavy atom. The lowest BCUT2D eigenvalue weighted by Crippen LogP contribution is -2.24. The number of aromatic nitrogens is 2. The molecule has 0 fully saturated rings. The second-order valence-electron chi connectivity index (χ2n) is 5.33. The highest BCUT2D eigenvalue weighted by atomic mass is 19.1. The van der Waals surface area contributed by atoms with Crippen molar-refractivity contribution in [1.29, 1.82) is 0 Å². The van der Waals surface area contributed by atoms with Gasteiger partial charge >= 0.3 is 0 Å². The van der Waals surface area contributed by atoms with Crippen molar-refractivity contribution in [3.8, 4) is 16.9 Å². The molecule has 3 rings (SSSR count). The third kappa shape index (κ3) is 2.80. The van der Waals surface area contributed by atoms with E-state index in [0.717, 1.165) is 11.1 Å². The summed E-state index contributed by atoms with van der Waals surface area (Å²) in [7, 11) is 0. The fraction of sp³-hybridized carbons (Fsp3) is 0.333. The minimum atomic E-state index is -0.391. The van der Waals surface area contributed by atoms with Crippen LogP contribution in [-0.2, 0) is 17.8 Å². The molecule has 1 unspecified atom stereocenters. The molecule has 0 saturated heterocycles. The van der Waals surface area contributed by atoms with Gasteiger partial charge in [0.1, 0.15) is 17.7 Å². The normalized spacial score (nSPS) is 16.4. The molecule has 0 bridgehead atoms. The summed E-state index contributed by atoms with van der Waals surface area (Å²) >= 11 is 0. The molecule has 1 aliphatic heterocycles. The van der Waals surface area contributed by atoms with E-state index in [9.17, 15) is 9.18 Å². The summed E-state index contributed by atoms with van der Waals surface area (Å²) in [6.07, 6.45) is 4.05. The number of aryl methyl sites for hydroxylation is 1. The quantitative estimate of drug-likeness (QED) is 0.855. The van der Waals surface area contributed by atoms with Crippen molar-refractivity contribution in [2.75, 3.05) is 6.54 Å². The van der Waals surface area contributed by atoms with Crippen LogP contribution < -0.4 is 16.2 Å². The van der Waals surface area contributed by atoms with Gasteiger partial charge in [0, 0.05) is 48.8 Å². The molecule has 1 aromatic heterocycles. The molecular formula is C15H17FN4O2. The highest BCUT2D eigenvalue weighted by Gasteiger charge is 2.26. The molecule has 2 aromatic rings. The van der Waals surface area contributed by atoms with Crippen molar-refractivity contribution in [2.24, 2.45) is 11.5 Å². The zero-order valence-corrected chi connectivity index (χ0v) is 12.0. The topological polar surface area (TPSA) is 96.2 Å². The fourth-order valence-corrected chi connectivity index (χ4v) is 2.59. The molecule has 7 heteroatoms. The van der Waals surface area contributed by atoms with Crippen molar-refractivity contribution in [2.45, 2.75) is 25.5 Å². The number of ether oxygens (including phenoxy) is 1. The molecule has 1 atom stereocenters. The average molecular weight is 304 g/mol. The van der Waals surface area contributed by atoms with Crippen LogP contribution in [0.4, 0.5) is 4.39 Å². The van der Waals surface area contributed by atoms with Gasteiger partial charge in [-0.1, -0.05) is 0 Å². The third-order valence-electron chi connectivity index (χ3n) is 3.66. The molecule has 6 nitrogen and oxygen atoms in total. The smallest absolute Gasteiger partial charge is 0.219 e. The molecule has 0 radical (unpaired) electrons. The predicted molar refractivity (Wildman–Crippen MR) is 78.6 cm³/mol. The van der Waals surface area contributed by atoms with Gasteiger partial charge in [0.05, 0.1) is 6.20 Å². The van der Waals surface area contributed by atoms with E-state index in [1.807, 2.05) is 0 Å². The fourth-order valence-electron chi connectivity index (χ4n) is 2.59. The summed E-state index contributed by atoms with van der Waals surface area (Å²) in [6.45, 7) is 0.771. The standard InChI is InChI=1S/C15H17FN4O2/c16-11-3-9-4-12(6-17)22-15(9)13(5-11)10-7-19-20(8-10)2-1-14(18)21/h3,5,7-8,12H,1-2,4,6,17H2,(H2,18,21). The Hall–Kier alpha value is -2.41. The molecule has 116 valence electrons. The second kappa shape index (κ2) is 5.76. The van der Waals surface area contributed by atoms with Crippen LogP contribution in [0.1, 0.15) is 12.0 Å². The largest absolute Gasteiger partial charge is 0.488 e. The summed E-state index contributed by atoms with van der Waals surface area (Å²) in [5.41, 5.74) is 13.0. The number of hydrogen-bond acceptors (Lipinski definition) is 4. The maximum absolute atomic E-state index is 13.8. The minimum absolute atomic E-state index is 0.125. The third-order valence-corrected chi connectivity index (χ3v) is 3.66. The monoisotopic (exact) mass is 304 g/mol. The van der Waals surface area contributed by atoms with Crippen molar-refractivity contribution < 1.29 is 13.9 Å². The lowest BCUT2D eigenvalue weighted by Gasteiger charge is -2.09. The Labute approximate surface area is 126 Å². The van der Waals surface area contributed by atoms with Crippen LogP contribution >= 0.6 is 0 Å². The lowest BCUT2D eigenvalue weighted by molar-refractivity contribution is -0.118. The lowest BCUT2D eigenvalue weighted by atomic mass is 10.0. The molecule has 0 spiro atoms. The van der Waals surface area contributed by atoms with E-state index in [2.05, 4.69) is 5.10 Å². The van der Waals surface area contributed by atoms with Gasteiger partial charge in [-0.2, -0.15) is 5.10 Å². The zero-order chi connectivity index (χ0) is 15.7. The highest BCUT2D eigenvalue weighted by Crippen LogP contribution is 2.39. The molecule has 0 aliphatic carbocycles. The molecule has 1 aromatic carbocycles. The van der Waals surface area contributed by atoms with Crippen molar-refractivity contribution in [3.63, 3.8) is 0 Å². The van der Waals surface area contributed by atoms with E-state index in [0.29, 0.717) is 30.8 Å². The number of carbonyl (C=O) groups excluding carboxylic acids is 1. The van der Waals surface area contributed by atoms with E-state index in [4.69, 9.17) is 16.2 Å². The number of rotatable bonds is 5. The minimum Gasteiger partial charge on any atom is -0.488 e. The molecule has 0 saturated carbocycles. The van der Waals surface area contributed by atoms with E-state index < -0.39 is 5.91 Å². The number of fused-ring (bicyclic) bond motifs is 1. The first-order valence-corrected chi connectivity index (χ1v) is 7.07. The van der Waals surface area contributed by atoms with E-state index >= 15 is 0 Å². The van der Waals surface area contributed by atoms with Gasteiger partial charge in [-0.05, 0) is 12.1 Å². The van der Waals surface area contributed by atoms with Gasteiger partial charge in [-0.15, -0.1) is 0 Å². The SMILES string of the molecule is NCC1Cc2cc(F)cc(-c3cnn(CCC(N)=O)c3)c2O1. The number of halogens is 1. The molecule has 22 heavy (non-hydrogen) atoms. The highest BCUT2D eigenvalue weighted by molar-refractivity contribution is 5.74. The summed E-state index contributed by atoms with van der Waals surface area (Å²) < 4.78 is 21.2. The van der Waals surface area contributed by atoms with Gasteiger partial charge < -0.3 is 16.2 Å². The van der Waals surface area contributed by atoms with Crippen LogP contribution in [0.15, 0.2) is 24.5 Å². The molecule has 4 N–H and O–H groups in total. The first kappa shape index (κ1) is 14.5. The number of benzene rings is 1. The average Bonchev–Trinajstić information content (AvgIpc) is 3.10. The summed E-state index contributed by atoms with van der Waals surface area (Å²) in [5.74, 6) is -0.0518. The number of hydrogen-bond donors (Lipinski definition) is 2. The van der Waals surface area contributed by atoms with Crippen molar-refractivity contribution in [1.82, 2.24) is 9.78 Å². The first-order chi connectivity index (χ1) is 10.6. The number of primary amides is 1. The molecule has 1 amide bonds. The Bertz CT molecular complexity index is 714. The van der Waals surface area contributed by atoms with E-state index in [-0.39, 0.29) is 18.3 Å². The van der Waals surface area contributed by atoms with Crippen LogP contribution in [0.5, 0.6) is 5.75 Å². The Kier molecular flexibility index (Phi) is 3.81. The Morgan fingerprint density at radius 2 is 2.32 bits per heavy atom. The van der Waals surface area contributed by atoms with Crippen LogP contribution in [-0.4, -0.2) is 28.3 Å². The van der Waals surface area contributed by atoms with Gasteiger partial charge in [0.2, 0.25) is 5.91 Å². The number of carbonyl (C=O) groups is 1. The van der Waals surface area contributed by atoms with Gasteiger partial charge in [0.25, 0.3) is 0 Å². The van der Waals surface area contributed by atoms with Crippen LogP contribution in [0, 0.1) is 5.82 Å². The molecule has 2 heterocycles. The summed E-state index contributed by atoms with van der Waals surface area (Å²) in [4.78, 5) is 10.8. The second-order valence-corrected chi connectivity index (χ2v) is 5.33. The van der Waals surface area contributed by atoms with E-state index in [1.54, 1.807) is 17.1 Å². The van der Waals surface area contributed by atoms with Crippen LogP contribution in [0.25, 0.3) is 11.1 Å². The molecule has 1 aliphatic rings. The van der Waals surface area contributed by atoms with Gasteiger partial charge in [-0.3, -0.25) is 9.48 Å². The Balaban J connectivity index is 1.91. The number of amides is 1. The van der Waals surface area contributed by atoms with Crippen molar-refractivity contribution in [3.05, 3.63) is 35.9 Å². The summed E-state index contributed by atoms with van der Waals surface area (Å²) in [6, 6.07) is 2.90. The number of nitrogens with zero attached hydrogens (tertiary/aromatic N) is 2. The molecular weight excluding hydrogens is 287 g/mol. The van der Waals surface area contributed by atoms with Gasteiger partial charge in [-0.25, -0.2) is 4.39 Å². The van der Waals surface area contributed by atoms with E-state index in [1.165, 1.54) is 12.1 Å². The van der Waals surface area contributed by atoms with Crippen molar-refractivity contribution >= 4 is 5.91 Å². The Morgan fingerprint density at radius 1 is 1.50 bits per heavy atom. The maximum atomic E-state index is 13.8. The summed E-state index contributed by atoms with van der Waals surface area (Å²) in [5, 5.41) is 4.17. The zero-order valence-electron chi connectivity index (χ0n) is 12.0. The number of nitrogens with two attached hydrogens (primary N) is 2.